The first-order valence-electron chi connectivity index (χ1n) is 0. The van der Waals surface area contributed by atoms with Crippen LogP contribution in [0.4, 0.5) is 0 Å². The predicted octanol–water partition coefficient (Wildman–Crippen LogP) is -9.91. The number of hydrogen-bond acceptors (Lipinski definition) is 0. The normalized spacial score (nSPS) is 0. The average Bonchev–Trinajstić information content (AvgIpc) is 0. The molecule has 0 nitrogen and oxygen atoms in total. The summed E-state index contributed by atoms with van der Waals surface area (Å²) in [6.45, 7) is 0. The van der Waals surface area contributed by atoms with Gasteiger partial charge in [0.15, 0.2) is 0 Å². The maximum Gasteiger partial charge on any atom is 3.00 e. The van der Waals surface area contributed by atoms with Crippen LogP contribution in [0.5, 0.6) is 0 Å². The third-order valence-corrected chi connectivity index (χ3v) is 0. The first-order valence-corrected chi connectivity index (χ1v) is 0. The van der Waals surface area contributed by atoms with Gasteiger partial charge >= 0.3 is 54.8 Å². The van der Waals surface area contributed by atoms with Crippen molar-refractivity contribution in [2.75, 3.05) is 0 Å². The predicted molar refractivity (Wildman–Crippen MR) is 8.54 cm³/mol. The van der Waals surface area contributed by atoms with Crippen LogP contribution in [-0.4, -0.2) is 37.7 Å². The van der Waals surface area contributed by atoms with E-state index in [2.05, 4.69) is 0 Å². The van der Waals surface area contributed by atoms with Crippen molar-refractivity contribution in [2.24, 2.45) is 0 Å². The van der Waals surface area contributed by atoms with Crippen LogP contribution >= 0.6 is 0 Å². The van der Waals surface area contributed by atoms with E-state index in [1.807, 2.05) is 0 Å². The van der Waals surface area contributed by atoms with E-state index in [1.54, 1.807) is 0 Å². The minimum absolute atomic E-state index is 0. The van der Waals surface area contributed by atoms with E-state index in [0.29, 0.717) is 0 Å². The zero-order valence-electron chi connectivity index (χ0n) is 1.49. The maximum atomic E-state index is 0. The average molecular weight is 204 g/mol. The Morgan fingerprint density at radius 3 is 0.600 bits per heavy atom. The minimum Gasteiger partial charge on any atom is -1.00 e. The zero-order valence-corrected chi connectivity index (χ0v) is 4.86. The van der Waals surface area contributed by atoms with E-state index in [4.69, 9.17) is 0 Å². The molecule has 0 aromatic heterocycles. The van der Waals surface area contributed by atoms with Gasteiger partial charge in [-0.2, -0.15) is 0 Å². The van der Waals surface area contributed by atoms with E-state index in [0.717, 1.165) is 0 Å². The second-order valence-corrected chi connectivity index (χ2v) is 0. The van der Waals surface area contributed by atoms with Crippen LogP contribution in [0.15, 0.2) is 0 Å². The van der Waals surface area contributed by atoms with E-state index in [1.165, 1.54) is 0 Å². The molecule has 0 heterocycles. The van der Waals surface area contributed by atoms with Crippen molar-refractivity contribution in [3.8, 4) is 0 Å². The first kappa shape index (κ1) is 48.2. The van der Waals surface area contributed by atoms with Crippen molar-refractivity contribution < 1.29 is 54.3 Å². The summed E-state index contributed by atoms with van der Waals surface area (Å²) in [5.74, 6) is 0. The molecule has 0 amide bonds. The monoisotopic (exact) mass is 203 g/mol. The van der Waals surface area contributed by atoms with Gasteiger partial charge < -0.3 is 37.2 Å². The van der Waals surface area contributed by atoms with E-state index < -0.39 is 0 Å². The molecule has 0 bridgehead atoms. The summed E-state index contributed by atoms with van der Waals surface area (Å²) >= 11 is 0. The first-order chi connectivity index (χ1) is 0. The second kappa shape index (κ2) is 30.2. The van der Waals surface area contributed by atoms with E-state index >= 15 is 0 Å². The van der Waals surface area contributed by atoms with Gasteiger partial charge in [-0.1, -0.05) is 0 Å². The SMILES string of the molecule is [CaH2].[Cl-].[Cl-].[Cl-].[Fe+3]. The van der Waals surface area contributed by atoms with Crippen LogP contribution in [0.25, 0.3) is 0 Å². The Morgan fingerprint density at radius 1 is 0.600 bits per heavy atom. The molecular formula is H2CaCl3Fe. The van der Waals surface area contributed by atoms with Gasteiger partial charge in [0.25, 0.3) is 0 Å². The fourth-order valence-corrected chi connectivity index (χ4v) is 0. The summed E-state index contributed by atoms with van der Waals surface area (Å²) in [5.41, 5.74) is 0. The molecule has 0 aromatic carbocycles. The van der Waals surface area contributed by atoms with Crippen LogP contribution in [0, 0.1) is 0 Å². The standard InChI is InChI=1S/Ca.3ClH.Fe.2H/h;3*1H;;;/q;;;;+3;;/p-3. The molecule has 5 heavy (non-hydrogen) atoms. The molecule has 33 valence electrons. The van der Waals surface area contributed by atoms with Gasteiger partial charge in [-0.3, -0.25) is 0 Å². The topological polar surface area (TPSA) is 0 Å². The van der Waals surface area contributed by atoms with Gasteiger partial charge in [0.05, 0.1) is 0 Å². The summed E-state index contributed by atoms with van der Waals surface area (Å²) in [7, 11) is 0. The Hall–Kier alpha value is 2.65. The van der Waals surface area contributed by atoms with Crippen molar-refractivity contribution in [1.29, 1.82) is 0 Å². The van der Waals surface area contributed by atoms with Gasteiger partial charge in [0.2, 0.25) is 0 Å². The molecule has 1 radical (unpaired) electrons. The van der Waals surface area contributed by atoms with Crippen molar-refractivity contribution in [3.05, 3.63) is 0 Å². The van der Waals surface area contributed by atoms with Crippen LogP contribution < -0.4 is 37.2 Å². The molecule has 0 fully saturated rings. The number of hydrogen-bond donors (Lipinski definition) is 0. The van der Waals surface area contributed by atoms with Crippen molar-refractivity contribution >= 4 is 37.7 Å². The van der Waals surface area contributed by atoms with Crippen LogP contribution in [0.2, 0.25) is 0 Å². The summed E-state index contributed by atoms with van der Waals surface area (Å²) in [5, 5.41) is 0. The summed E-state index contributed by atoms with van der Waals surface area (Å²) in [6.07, 6.45) is 0. The molecule has 0 aliphatic heterocycles. The minimum atomic E-state index is 0. The van der Waals surface area contributed by atoms with Crippen LogP contribution in [-0.2, 0) is 17.1 Å². The fraction of sp³-hybridized carbons (Fsp3) is 0. The molecular weight excluding hydrogens is 202 g/mol. The van der Waals surface area contributed by atoms with Crippen molar-refractivity contribution in [1.82, 2.24) is 0 Å². The Labute approximate surface area is 90.5 Å². The molecule has 0 aliphatic carbocycles. The van der Waals surface area contributed by atoms with Gasteiger partial charge in [-0.05, 0) is 0 Å². The molecule has 5 heteroatoms. The Kier molecular flexibility index (Phi) is 291. The van der Waals surface area contributed by atoms with Gasteiger partial charge in [0.1, 0.15) is 0 Å². The third kappa shape index (κ3) is 20.5. The summed E-state index contributed by atoms with van der Waals surface area (Å²) < 4.78 is 0. The molecule has 0 N–H and O–H groups in total. The Balaban J connectivity index is 0. The molecule has 0 unspecified atom stereocenters. The fourth-order valence-electron chi connectivity index (χ4n) is 0. The van der Waals surface area contributed by atoms with Gasteiger partial charge in [0, 0.05) is 0 Å². The van der Waals surface area contributed by atoms with Crippen molar-refractivity contribution in [3.63, 3.8) is 0 Å². The summed E-state index contributed by atoms with van der Waals surface area (Å²) in [4.78, 5) is 0. The molecule has 0 spiro atoms. The molecule has 0 saturated carbocycles. The number of halogens is 3. The number of rotatable bonds is 0. The smallest absolute Gasteiger partial charge is 1.00 e. The Bertz CT molecular complexity index is 6.85. The molecule has 0 atom stereocenters. The quantitative estimate of drug-likeness (QED) is 0.344. The maximum absolute atomic E-state index is 0. The Morgan fingerprint density at radius 2 is 0.600 bits per heavy atom. The van der Waals surface area contributed by atoms with E-state index in [9.17, 15) is 0 Å². The second-order valence-electron chi connectivity index (χ2n) is 0. The van der Waals surface area contributed by atoms with Gasteiger partial charge in [-0.15, -0.1) is 0 Å². The van der Waals surface area contributed by atoms with E-state index in [-0.39, 0.29) is 92.0 Å². The molecule has 0 saturated heterocycles. The molecule has 0 rings (SSSR count). The van der Waals surface area contributed by atoms with Crippen LogP contribution in [0.3, 0.4) is 0 Å². The van der Waals surface area contributed by atoms with Crippen molar-refractivity contribution in [2.45, 2.75) is 0 Å². The zero-order chi connectivity index (χ0) is 0. The van der Waals surface area contributed by atoms with Gasteiger partial charge in [-0.25, -0.2) is 0 Å². The largest absolute Gasteiger partial charge is 3.00 e. The summed E-state index contributed by atoms with van der Waals surface area (Å²) in [6, 6.07) is 0. The third-order valence-electron chi connectivity index (χ3n) is 0. The van der Waals surface area contributed by atoms with Crippen LogP contribution in [0.1, 0.15) is 0 Å². The molecule has 0 aromatic rings. The molecule has 0 aliphatic rings.